The minimum atomic E-state index is -0.571. The number of nitriles is 1. The van der Waals surface area contributed by atoms with Crippen molar-refractivity contribution in [3.05, 3.63) is 79.6 Å². The predicted octanol–water partition coefficient (Wildman–Crippen LogP) is 3.63. The van der Waals surface area contributed by atoms with Gasteiger partial charge in [0.1, 0.15) is 23.2 Å². The van der Waals surface area contributed by atoms with Crippen LogP contribution in [-0.2, 0) is 0 Å². The van der Waals surface area contributed by atoms with Crippen LogP contribution < -0.4 is 10.3 Å². The number of nitro benzene ring substituents is 1. The number of nitrogens with one attached hydrogen (secondary N) is 1. The molecule has 0 aliphatic rings. The highest BCUT2D eigenvalue weighted by Gasteiger charge is 2.18. The third kappa shape index (κ3) is 2.87. The Morgan fingerprint density at radius 2 is 2.07 bits per heavy atom. The van der Waals surface area contributed by atoms with Crippen molar-refractivity contribution >= 4 is 34.3 Å². The molecule has 1 N–H and O–H groups in total. The number of hydrogen-bond acceptors (Lipinski definition) is 6. The number of pyridine rings is 1. The van der Waals surface area contributed by atoms with Crippen molar-refractivity contribution in [3.63, 3.8) is 0 Å². The molecule has 0 radical (unpaired) electrons. The number of benzene rings is 2. The van der Waals surface area contributed by atoms with Crippen molar-refractivity contribution in [1.29, 1.82) is 5.26 Å². The Kier molecular flexibility index (Phi) is 4.52. The van der Waals surface area contributed by atoms with Crippen LogP contribution in [0.2, 0.25) is 0 Å². The molecular weight excluding hydrogens is 386 g/mol. The maximum Gasteiger partial charge on any atom is 0.298 e. The van der Waals surface area contributed by atoms with E-state index in [9.17, 15) is 20.2 Å². The van der Waals surface area contributed by atoms with Gasteiger partial charge in [0, 0.05) is 6.21 Å². The van der Waals surface area contributed by atoms with Gasteiger partial charge in [-0.25, -0.2) is 4.99 Å². The Morgan fingerprint density at radius 3 is 2.77 bits per heavy atom. The van der Waals surface area contributed by atoms with E-state index in [2.05, 4.69) is 16.0 Å². The molecule has 0 aliphatic heterocycles. The number of nitrogens with zero attached hydrogens (tertiary/aromatic N) is 4. The molecule has 9 nitrogen and oxygen atoms in total. The molecule has 0 atom stereocenters. The number of nitro groups is 1. The third-order valence-electron chi connectivity index (χ3n) is 4.89. The Morgan fingerprint density at radius 1 is 1.30 bits per heavy atom. The van der Waals surface area contributed by atoms with E-state index in [4.69, 9.17) is 4.74 Å². The lowest BCUT2D eigenvalue weighted by Gasteiger charge is -2.06. The highest BCUT2D eigenvalue weighted by atomic mass is 16.6. The van der Waals surface area contributed by atoms with Crippen LogP contribution in [0.4, 0.5) is 11.4 Å². The van der Waals surface area contributed by atoms with Gasteiger partial charge in [-0.1, -0.05) is 12.1 Å². The summed E-state index contributed by atoms with van der Waals surface area (Å²) in [5.41, 5.74) is 2.10. The van der Waals surface area contributed by atoms with E-state index in [1.807, 2.05) is 12.1 Å². The first-order chi connectivity index (χ1) is 14.5. The van der Waals surface area contributed by atoms with Gasteiger partial charge >= 0.3 is 0 Å². The van der Waals surface area contributed by atoms with Crippen molar-refractivity contribution < 1.29 is 9.66 Å². The number of hydrogen-bond donors (Lipinski definition) is 1. The van der Waals surface area contributed by atoms with E-state index in [1.165, 1.54) is 29.9 Å². The van der Waals surface area contributed by atoms with Crippen molar-refractivity contribution in [2.24, 2.45) is 4.99 Å². The number of aliphatic imine (C=N–C) groups is 1. The molecule has 0 aliphatic carbocycles. The quantitative estimate of drug-likeness (QED) is 0.317. The Balaban J connectivity index is 1.97. The fraction of sp³-hybridized carbons (Fsp3) is 0.0952. The van der Waals surface area contributed by atoms with Crippen LogP contribution >= 0.6 is 0 Å². The standard InChI is InChI=1S/C21H15N5O4/c1-12-14(10-22)20-24-17-5-3-4-6-18(17)25(20)21(27)15(12)11-23-16-8-7-13(30-2)9-19(16)26(28)29/h3-9,11,24H,1-2H3. The number of methoxy groups -OCH3 is 1. The molecule has 9 heteroatoms. The SMILES string of the molecule is COc1ccc(N=Cc2c(C)c(C#N)c3[nH]c4ccccc4n3c2=O)c([N+](=O)[O-])c1. The van der Waals surface area contributed by atoms with E-state index in [1.54, 1.807) is 25.1 Å². The number of ether oxygens (including phenoxy) is 1. The molecule has 148 valence electrons. The number of imidazole rings is 1. The van der Waals surface area contributed by atoms with Crippen LogP contribution in [0.15, 0.2) is 52.3 Å². The van der Waals surface area contributed by atoms with Gasteiger partial charge in [0.2, 0.25) is 0 Å². The van der Waals surface area contributed by atoms with Crippen molar-refractivity contribution in [1.82, 2.24) is 9.38 Å². The van der Waals surface area contributed by atoms with Crippen molar-refractivity contribution in [2.45, 2.75) is 6.92 Å². The van der Waals surface area contributed by atoms with E-state index < -0.39 is 4.92 Å². The van der Waals surface area contributed by atoms with Gasteiger partial charge in [-0.2, -0.15) is 5.26 Å². The van der Waals surface area contributed by atoms with Crippen molar-refractivity contribution in [3.8, 4) is 11.8 Å². The topological polar surface area (TPSA) is 126 Å². The lowest BCUT2D eigenvalue weighted by molar-refractivity contribution is -0.384. The molecule has 0 amide bonds. The maximum absolute atomic E-state index is 13.2. The summed E-state index contributed by atoms with van der Waals surface area (Å²) in [4.78, 5) is 31.3. The zero-order valence-electron chi connectivity index (χ0n) is 16.0. The van der Waals surface area contributed by atoms with E-state index in [-0.39, 0.29) is 22.5 Å². The number of H-pyrrole nitrogens is 1. The molecular formula is C21H15N5O4. The fourth-order valence-corrected chi connectivity index (χ4v) is 3.37. The molecule has 4 aromatic rings. The van der Waals surface area contributed by atoms with Crippen LogP contribution in [0.25, 0.3) is 16.7 Å². The van der Waals surface area contributed by atoms with Gasteiger partial charge < -0.3 is 9.72 Å². The molecule has 2 aromatic carbocycles. The molecule has 0 spiro atoms. The van der Waals surface area contributed by atoms with Crippen LogP contribution in [0, 0.1) is 28.4 Å². The molecule has 0 unspecified atom stereocenters. The summed E-state index contributed by atoms with van der Waals surface area (Å²) in [6, 6.07) is 13.6. The fourth-order valence-electron chi connectivity index (χ4n) is 3.37. The van der Waals surface area contributed by atoms with Crippen LogP contribution in [0.5, 0.6) is 5.75 Å². The minimum absolute atomic E-state index is 0.0714. The lowest BCUT2D eigenvalue weighted by atomic mass is 10.1. The second-order valence-electron chi connectivity index (χ2n) is 6.53. The third-order valence-corrected chi connectivity index (χ3v) is 4.89. The maximum atomic E-state index is 13.2. The van der Waals surface area contributed by atoms with Gasteiger partial charge in [0.15, 0.2) is 0 Å². The van der Waals surface area contributed by atoms with Gasteiger partial charge in [0.25, 0.3) is 11.2 Å². The molecule has 4 rings (SSSR count). The average Bonchev–Trinajstić information content (AvgIpc) is 3.13. The summed E-state index contributed by atoms with van der Waals surface area (Å²) in [6.45, 7) is 1.65. The first-order valence-electron chi connectivity index (χ1n) is 8.89. The zero-order chi connectivity index (χ0) is 21.4. The molecule has 0 fully saturated rings. The summed E-state index contributed by atoms with van der Waals surface area (Å²) >= 11 is 0. The molecule has 2 aromatic heterocycles. The van der Waals surface area contributed by atoms with Gasteiger partial charge in [-0.05, 0) is 36.8 Å². The number of aromatic nitrogens is 2. The first-order valence-corrected chi connectivity index (χ1v) is 8.89. The second kappa shape index (κ2) is 7.18. The van der Waals surface area contributed by atoms with Crippen molar-refractivity contribution in [2.75, 3.05) is 7.11 Å². The molecule has 0 saturated carbocycles. The number of rotatable bonds is 4. The smallest absolute Gasteiger partial charge is 0.298 e. The Hall–Kier alpha value is -4.45. The number of aromatic amines is 1. The lowest BCUT2D eigenvalue weighted by Crippen LogP contribution is -2.20. The summed E-state index contributed by atoms with van der Waals surface area (Å²) in [5, 5.41) is 21.1. The molecule has 0 saturated heterocycles. The molecule has 30 heavy (non-hydrogen) atoms. The predicted molar refractivity (Wildman–Crippen MR) is 112 cm³/mol. The Labute approximate surface area is 169 Å². The van der Waals surface area contributed by atoms with Gasteiger partial charge in [-0.15, -0.1) is 0 Å². The van der Waals surface area contributed by atoms with Crippen LogP contribution in [0.3, 0.4) is 0 Å². The van der Waals surface area contributed by atoms with Crippen LogP contribution in [0.1, 0.15) is 16.7 Å². The first kappa shape index (κ1) is 18.9. The van der Waals surface area contributed by atoms with E-state index >= 15 is 0 Å². The summed E-state index contributed by atoms with van der Waals surface area (Å²) < 4.78 is 6.44. The van der Waals surface area contributed by atoms with Gasteiger partial charge in [0.05, 0.1) is 40.3 Å². The average molecular weight is 401 g/mol. The zero-order valence-corrected chi connectivity index (χ0v) is 16.0. The summed E-state index contributed by atoms with van der Waals surface area (Å²) in [5.74, 6) is 0.323. The minimum Gasteiger partial charge on any atom is -0.496 e. The summed E-state index contributed by atoms with van der Waals surface area (Å²) in [7, 11) is 1.41. The highest BCUT2D eigenvalue weighted by Crippen LogP contribution is 2.31. The molecule has 0 bridgehead atoms. The number of para-hydroxylation sites is 2. The normalized spacial score (nSPS) is 11.2. The Bertz CT molecular complexity index is 1460. The largest absolute Gasteiger partial charge is 0.496 e. The highest BCUT2D eigenvalue weighted by molar-refractivity contribution is 5.89. The van der Waals surface area contributed by atoms with Gasteiger partial charge in [-0.3, -0.25) is 19.3 Å². The van der Waals surface area contributed by atoms with E-state index in [0.717, 1.165) is 0 Å². The van der Waals surface area contributed by atoms with Crippen LogP contribution in [-0.4, -0.2) is 27.6 Å². The number of fused-ring (bicyclic) bond motifs is 3. The summed E-state index contributed by atoms with van der Waals surface area (Å²) in [6.07, 6.45) is 1.27. The molecule has 2 heterocycles. The van der Waals surface area contributed by atoms with E-state index in [0.29, 0.717) is 33.6 Å². The second-order valence-corrected chi connectivity index (χ2v) is 6.53. The monoisotopic (exact) mass is 401 g/mol.